The van der Waals surface area contributed by atoms with Gasteiger partial charge in [-0.1, -0.05) is 0 Å². The van der Waals surface area contributed by atoms with Crippen LogP contribution in [0.3, 0.4) is 0 Å². The van der Waals surface area contributed by atoms with Gasteiger partial charge in [0.15, 0.2) is 0 Å². The molecule has 0 amide bonds. The van der Waals surface area contributed by atoms with Gasteiger partial charge in [0.2, 0.25) is 0 Å². The maximum atomic E-state index is 6.40. The van der Waals surface area contributed by atoms with Crippen molar-refractivity contribution in [3.05, 3.63) is 65.2 Å². The molecule has 1 unspecified atom stereocenters. The van der Waals surface area contributed by atoms with E-state index in [9.17, 15) is 0 Å². The molecule has 0 heterocycles. The summed E-state index contributed by atoms with van der Waals surface area (Å²) < 4.78 is 0.324. The van der Waals surface area contributed by atoms with E-state index >= 15 is 0 Å². The first kappa shape index (κ1) is 17.9. The van der Waals surface area contributed by atoms with Gasteiger partial charge in [-0.25, -0.2) is 0 Å². The molecular formula is C17H15Cl2Zr2. The Hall–Kier alpha value is 0.526. The minimum atomic E-state index is -2.35. The van der Waals surface area contributed by atoms with Crippen molar-refractivity contribution in [3.63, 3.8) is 0 Å². The summed E-state index contributed by atoms with van der Waals surface area (Å²) in [5.41, 5.74) is 6.60. The first-order valence-corrected chi connectivity index (χ1v) is 14.5. The number of hydrogen-bond acceptors (Lipinski definition) is 0. The smallest absolute Gasteiger partial charge is 0 e. The summed E-state index contributed by atoms with van der Waals surface area (Å²) in [6, 6.07) is 17.0. The fraction of sp³-hybridized carbons (Fsp3) is 0.176. The first-order valence-electron chi connectivity index (χ1n) is 6.79. The van der Waals surface area contributed by atoms with Gasteiger partial charge < -0.3 is 0 Å². The molecule has 1 aliphatic carbocycles. The van der Waals surface area contributed by atoms with Crippen molar-refractivity contribution in [2.75, 3.05) is 0 Å². The van der Waals surface area contributed by atoms with Crippen molar-refractivity contribution in [3.8, 4) is 11.1 Å². The Morgan fingerprint density at radius 1 is 1.00 bits per heavy atom. The van der Waals surface area contributed by atoms with E-state index in [1.807, 2.05) is 6.07 Å². The monoisotopic (exact) mass is 469 g/mol. The van der Waals surface area contributed by atoms with Crippen LogP contribution in [0.25, 0.3) is 17.2 Å². The van der Waals surface area contributed by atoms with Crippen molar-refractivity contribution in [2.24, 2.45) is 0 Å². The standard InChI is InChI=1S/C17H15.2ClH.2Zr/c1-2-13-11-15-9-6-10-16(17(15)12-13)14-7-4-3-5-8-14;;;;/h3-12H,2H2,1H3;2*1H;;/q;;;;+2/p-2. The van der Waals surface area contributed by atoms with E-state index in [0.29, 0.717) is 3.63 Å². The Kier molecular flexibility index (Phi) is 6.70. The predicted octanol–water partition coefficient (Wildman–Crippen LogP) is 6.13. The minimum Gasteiger partial charge on any atom is 0 e. The van der Waals surface area contributed by atoms with Crippen LogP contribution in [0.1, 0.15) is 28.1 Å². The minimum absolute atomic E-state index is 0. The number of halogens is 2. The topological polar surface area (TPSA) is 0 Å². The van der Waals surface area contributed by atoms with Gasteiger partial charge in [0.1, 0.15) is 0 Å². The normalized spacial score (nSPS) is 16.0. The van der Waals surface area contributed by atoms with Gasteiger partial charge in [-0.15, -0.1) is 0 Å². The fourth-order valence-corrected chi connectivity index (χ4v) is 8.54. The van der Waals surface area contributed by atoms with Gasteiger partial charge in [-0.05, 0) is 0 Å². The van der Waals surface area contributed by atoms with E-state index in [1.54, 1.807) is 0 Å². The zero-order chi connectivity index (χ0) is 14.1. The molecule has 0 fully saturated rings. The molecule has 105 valence electrons. The van der Waals surface area contributed by atoms with Crippen LogP contribution in [0.2, 0.25) is 0 Å². The Balaban J connectivity index is 0.00000161. The molecule has 0 nitrogen and oxygen atoms in total. The average Bonchev–Trinajstić information content (AvgIpc) is 2.86. The summed E-state index contributed by atoms with van der Waals surface area (Å²) in [4.78, 5) is 0. The summed E-state index contributed by atoms with van der Waals surface area (Å²) in [5.74, 6) is 0. The van der Waals surface area contributed by atoms with Gasteiger partial charge >= 0.3 is 136 Å². The molecule has 2 aromatic carbocycles. The fourth-order valence-electron chi connectivity index (χ4n) is 2.90. The Labute approximate surface area is 160 Å². The third kappa shape index (κ3) is 3.55. The van der Waals surface area contributed by atoms with Crippen molar-refractivity contribution in [1.29, 1.82) is 0 Å². The number of allylic oxidation sites excluding steroid dienone is 1. The van der Waals surface area contributed by atoms with E-state index < -0.39 is 19.4 Å². The van der Waals surface area contributed by atoms with Gasteiger partial charge in [0.05, 0.1) is 0 Å². The molecule has 0 N–H and O–H groups in total. The van der Waals surface area contributed by atoms with E-state index in [1.165, 1.54) is 27.8 Å². The maximum Gasteiger partial charge on any atom is 0 e. The van der Waals surface area contributed by atoms with Crippen molar-refractivity contribution in [1.82, 2.24) is 0 Å². The average molecular weight is 473 g/mol. The van der Waals surface area contributed by atoms with E-state index in [2.05, 4.69) is 55.5 Å². The molecule has 0 saturated carbocycles. The quantitative estimate of drug-likeness (QED) is 0.504. The molecular weight excluding hydrogens is 458 g/mol. The van der Waals surface area contributed by atoms with Crippen LogP contribution in [0.4, 0.5) is 0 Å². The van der Waals surface area contributed by atoms with E-state index in [-0.39, 0.29) is 26.2 Å². The van der Waals surface area contributed by atoms with Crippen molar-refractivity contribution in [2.45, 2.75) is 17.0 Å². The SMILES string of the molecule is CCC1=Cc2c(-c3ccccc3)cccc2[CH]1[Zr]([Cl])[Cl].[Zr]. The maximum absolute atomic E-state index is 6.40. The molecule has 0 radical (unpaired) electrons. The molecule has 0 aliphatic heterocycles. The Bertz CT molecular complexity index is 651. The summed E-state index contributed by atoms with van der Waals surface area (Å²) in [6.07, 6.45) is 3.34. The van der Waals surface area contributed by atoms with E-state index in [4.69, 9.17) is 17.0 Å². The molecule has 1 atom stereocenters. The number of benzene rings is 2. The summed E-state index contributed by atoms with van der Waals surface area (Å²) in [7, 11) is 12.8. The Morgan fingerprint density at radius 2 is 1.71 bits per heavy atom. The van der Waals surface area contributed by atoms with Crippen molar-refractivity contribution >= 4 is 23.1 Å². The van der Waals surface area contributed by atoms with Gasteiger partial charge in [-0.2, -0.15) is 0 Å². The molecule has 0 bridgehead atoms. The second kappa shape index (κ2) is 7.87. The van der Waals surface area contributed by atoms with Crippen LogP contribution in [0.15, 0.2) is 54.1 Å². The zero-order valence-electron chi connectivity index (χ0n) is 11.7. The summed E-state index contributed by atoms with van der Waals surface area (Å²) >= 11 is -2.35. The third-order valence-electron chi connectivity index (χ3n) is 3.86. The predicted molar refractivity (Wildman–Crippen MR) is 84.6 cm³/mol. The van der Waals surface area contributed by atoms with Gasteiger partial charge in [-0.3, -0.25) is 0 Å². The molecule has 3 rings (SSSR count). The largest absolute Gasteiger partial charge is 0 e. The third-order valence-corrected chi connectivity index (χ3v) is 9.19. The second-order valence-electron chi connectivity index (χ2n) is 4.97. The molecule has 2 aromatic rings. The van der Waals surface area contributed by atoms with Crippen LogP contribution in [0.5, 0.6) is 0 Å². The van der Waals surface area contributed by atoms with Crippen LogP contribution in [-0.4, -0.2) is 0 Å². The Morgan fingerprint density at radius 3 is 2.33 bits per heavy atom. The molecule has 0 spiro atoms. The van der Waals surface area contributed by atoms with Crippen LogP contribution in [-0.2, 0) is 45.6 Å². The van der Waals surface area contributed by atoms with Gasteiger partial charge in [0, 0.05) is 26.2 Å². The molecule has 4 heteroatoms. The van der Waals surface area contributed by atoms with E-state index in [0.717, 1.165) is 6.42 Å². The van der Waals surface area contributed by atoms with Crippen LogP contribution < -0.4 is 0 Å². The molecule has 1 aliphatic rings. The van der Waals surface area contributed by atoms with Crippen LogP contribution >= 0.6 is 17.0 Å². The molecule has 0 saturated heterocycles. The number of fused-ring (bicyclic) bond motifs is 1. The first-order chi connectivity index (χ1) is 9.72. The number of hydrogen-bond donors (Lipinski definition) is 0. The van der Waals surface area contributed by atoms with Crippen LogP contribution in [0, 0.1) is 0 Å². The molecule has 21 heavy (non-hydrogen) atoms. The van der Waals surface area contributed by atoms with Crippen molar-refractivity contribution < 1.29 is 45.6 Å². The second-order valence-corrected chi connectivity index (χ2v) is 13.8. The summed E-state index contributed by atoms with van der Waals surface area (Å²) in [5, 5.41) is 0. The number of rotatable bonds is 3. The van der Waals surface area contributed by atoms with Gasteiger partial charge in [0.25, 0.3) is 0 Å². The molecule has 0 aromatic heterocycles. The zero-order valence-corrected chi connectivity index (χ0v) is 18.2. The summed E-state index contributed by atoms with van der Waals surface area (Å²) in [6.45, 7) is 2.19.